The Kier molecular flexibility index (Phi) is 6.07. The number of hydrogen-bond donors (Lipinski definition) is 0. The van der Waals surface area contributed by atoms with E-state index in [0.29, 0.717) is 21.8 Å². The van der Waals surface area contributed by atoms with Crippen LogP contribution in [0.2, 0.25) is 5.02 Å². The number of benzene rings is 1. The molecule has 5 heteroatoms. The summed E-state index contributed by atoms with van der Waals surface area (Å²) in [5.74, 6) is -0.235. The van der Waals surface area contributed by atoms with Gasteiger partial charge in [0.05, 0.1) is 32.8 Å². The molecule has 0 aliphatic heterocycles. The van der Waals surface area contributed by atoms with Gasteiger partial charge in [0.2, 0.25) is 5.82 Å². The van der Waals surface area contributed by atoms with Crippen LogP contribution in [0.3, 0.4) is 0 Å². The average molecular weight is 351 g/mol. The van der Waals surface area contributed by atoms with Crippen LogP contribution in [0, 0.1) is 5.82 Å². The van der Waals surface area contributed by atoms with Gasteiger partial charge >= 0.3 is 0 Å². The van der Waals surface area contributed by atoms with Gasteiger partial charge in [0.25, 0.3) is 0 Å². The maximum Gasteiger partial charge on any atom is 0.227 e. The smallest absolute Gasteiger partial charge is 0.227 e. The van der Waals surface area contributed by atoms with Gasteiger partial charge in [-0.25, -0.2) is 0 Å². The van der Waals surface area contributed by atoms with Crippen LogP contribution in [0.5, 0.6) is 5.75 Å². The Hall–Kier alpha value is -0.00130. The van der Waals surface area contributed by atoms with Crippen molar-refractivity contribution in [3.63, 3.8) is 0 Å². The van der Waals surface area contributed by atoms with E-state index in [0.717, 1.165) is 0 Å². The molecule has 0 fully saturated rings. The summed E-state index contributed by atoms with van der Waals surface area (Å²) in [5.41, 5.74) is 0.558. The summed E-state index contributed by atoms with van der Waals surface area (Å²) in [7, 11) is 5.67. The Morgan fingerprint density at radius 2 is 1.88 bits per heavy atom. The molecule has 0 amide bonds. The third kappa shape index (κ3) is 3.50. The fourth-order valence-electron chi connectivity index (χ4n) is 1.32. The van der Waals surface area contributed by atoms with Crippen LogP contribution in [0.15, 0.2) is 12.1 Å². The summed E-state index contributed by atoms with van der Waals surface area (Å²) < 4.78 is 19.6. The predicted molar refractivity (Wildman–Crippen MR) is 67.9 cm³/mol. The monoisotopic (exact) mass is 352 g/mol. The molecule has 2 nitrogen and oxygen atoms in total. The number of ether oxygens (including phenoxy) is 1. The molecule has 0 bridgehead atoms. The Morgan fingerprint density at radius 1 is 1.31 bits per heavy atom. The Morgan fingerprint density at radius 3 is 2.31 bits per heavy atom. The van der Waals surface area contributed by atoms with E-state index in [9.17, 15) is 4.39 Å². The molecule has 16 heavy (non-hydrogen) atoms. The quantitative estimate of drug-likeness (QED) is 0.601. The molecule has 0 heterocycles. The van der Waals surface area contributed by atoms with Crippen molar-refractivity contribution in [3.05, 3.63) is 23.0 Å². The van der Waals surface area contributed by atoms with Gasteiger partial charge in [-0.15, -0.1) is 0 Å². The van der Waals surface area contributed by atoms with E-state index in [1.54, 1.807) is 19.1 Å². The van der Waals surface area contributed by atoms with Crippen molar-refractivity contribution < 1.29 is 9.13 Å². The topological polar surface area (TPSA) is 9.23 Å². The third-order valence-corrected chi connectivity index (χ3v) is 2.34. The Labute approximate surface area is 118 Å². The molecule has 0 unspecified atom stereocenters. The van der Waals surface area contributed by atoms with Gasteiger partial charge in [0, 0.05) is 30.0 Å². The van der Waals surface area contributed by atoms with E-state index >= 15 is 0 Å². The van der Waals surface area contributed by atoms with Crippen LogP contribution in [0.1, 0.15) is 6.92 Å². The van der Waals surface area contributed by atoms with Crippen LogP contribution < -0.4 is 9.22 Å². The molecule has 1 rings (SSSR count). The van der Waals surface area contributed by atoms with E-state index in [-0.39, 0.29) is 35.5 Å². The molecular weight excluding hydrogens is 335 g/mol. The number of hydrogen-bond acceptors (Lipinski definition) is 1. The first-order valence-corrected chi connectivity index (χ1v) is 5.18. The van der Waals surface area contributed by atoms with Crippen molar-refractivity contribution in [1.29, 1.82) is 0 Å². The van der Waals surface area contributed by atoms with Crippen LogP contribution in [0.4, 0.5) is 10.1 Å². The molecule has 0 saturated heterocycles. The van der Waals surface area contributed by atoms with E-state index in [1.807, 2.05) is 21.1 Å². The molecule has 4 radical (unpaired) electrons. The summed E-state index contributed by atoms with van der Waals surface area (Å²) in [6.45, 7) is 2.20. The van der Waals surface area contributed by atoms with E-state index in [1.165, 1.54) is 0 Å². The first-order valence-electron chi connectivity index (χ1n) is 4.80. The molecule has 0 aliphatic carbocycles. The molecule has 0 N–H and O–H groups in total. The maximum atomic E-state index is 14.0. The van der Waals surface area contributed by atoms with Gasteiger partial charge in [-0.3, -0.25) is 4.48 Å². The molecule has 1 aromatic carbocycles. The minimum atomic E-state index is -0.378. The SMILES string of the molecule is CCOc1c(Cl)ccc([N+](C)(C)C)c1F.[Sn]. The number of quaternary nitrogens is 1. The summed E-state index contributed by atoms with van der Waals surface area (Å²) in [5, 5.41) is 0.312. The van der Waals surface area contributed by atoms with Gasteiger partial charge in [0.15, 0.2) is 11.4 Å². The summed E-state index contributed by atoms with van der Waals surface area (Å²) in [6, 6.07) is 3.34. The fraction of sp³-hybridized carbons (Fsp3) is 0.455. The molecule has 0 aliphatic rings. The standard InChI is InChI=1S/C11H16ClFNO.Sn/c1-5-15-11-8(12)6-7-9(10(11)13)14(2,3)4;/h6-7H,5H2,1-4H3;/q+1;. The normalized spacial score (nSPS) is 10.9. The zero-order valence-corrected chi connectivity index (χ0v) is 13.6. The van der Waals surface area contributed by atoms with Crippen LogP contribution in [-0.2, 0) is 0 Å². The molecule has 88 valence electrons. The molecule has 0 spiro atoms. The Balaban J connectivity index is 0.00000225. The zero-order chi connectivity index (χ0) is 11.6. The Bertz CT molecular complexity index is 366. The average Bonchev–Trinajstić information content (AvgIpc) is 2.09. The predicted octanol–water partition coefficient (Wildman–Crippen LogP) is 2.69. The van der Waals surface area contributed by atoms with Gasteiger partial charge < -0.3 is 4.74 Å². The van der Waals surface area contributed by atoms with Crippen molar-refractivity contribution >= 4 is 41.2 Å². The minimum absolute atomic E-state index is 0. The first-order chi connectivity index (χ1) is 6.88. The summed E-state index contributed by atoms with van der Waals surface area (Å²) >= 11 is 5.86. The maximum absolute atomic E-state index is 14.0. The molecular formula is C11H16ClFNOSn+. The molecule has 0 aromatic heterocycles. The van der Waals surface area contributed by atoms with Crippen LogP contribution in [0.25, 0.3) is 0 Å². The largest absolute Gasteiger partial charge is 0.489 e. The zero-order valence-electron chi connectivity index (χ0n) is 9.97. The number of halogens is 2. The van der Waals surface area contributed by atoms with E-state index in [2.05, 4.69) is 0 Å². The van der Waals surface area contributed by atoms with Crippen molar-refractivity contribution in [2.45, 2.75) is 6.92 Å². The van der Waals surface area contributed by atoms with Crippen LogP contribution >= 0.6 is 11.6 Å². The fourth-order valence-corrected chi connectivity index (χ4v) is 1.52. The summed E-state index contributed by atoms with van der Waals surface area (Å²) in [6.07, 6.45) is 0. The van der Waals surface area contributed by atoms with Gasteiger partial charge in [-0.2, -0.15) is 4.39 Å². The van der Waals surface area contributed by atoms with Gasteiger partial charge in [0.1, 0.15) is 0 Å². The van der Waals surface area contributed by atoms with E-state index < -0.39 is 0 Å². The van der Waals surface area contributed by atoms with Crippen molar-refractivity contribution in [1.82, 2.24) is 4.48 Å². The second-order valence-electron chi connectivity index (χ2n) is 4.16. The third-order valence-electron chi connectivity index (χ3n) is 2.04. The van der Waals surface area contributed by atoms with Crippen molar-refractivity contribution in [2.75, 3.05) is 27.7 Å². The first kappa shape index (κ1) is 16.0. The molecule has 0 saturated carbocycles. The number of rotatable bonds is 3. The minimum Gasteiger partial charge on any atom is -0.489 e. The van der Waals surface area contributed by atoms with Gasteiger partial charge in [-0.1, -0.05) is 11.6 Å². The van der Waals surface area contributed by atoms with Crippen molar-refractivity contribution in [3.8, 4) is 5.75 Å². The molecule has 0 atom stereocenters. The van der Waals surface area contributed by atoms with Gasteiger partial charge in [-0.05, 0) is 13.0 Å². The van der Waals surface area contributed by atoms with Crippen molar-refractivity contribution in [2.24, 2.45) is 0 Å². The molecule has 1 aromatic rings. The van der Waals surface area contributed by atoms with Crippen LogP contribution in [-0.4, -0.2) is 51.7 Å². The summed E-state index contributed by atoms with van der Waals surface area (Å²) in [4.78, 5) is 0. The number of nitrogens with zero attached hydrogens (tertiary/aromatic N) is 1. The van der Waals surface area contributed by atoms with E-state index in [4.69, 9.17) is 16.3 Å². The second kappa shape index (κ2) is 6.07. The second-order valence-corrected chi connectivity index (χ2v) is 4.56.